The van der Waals surface area contributed by atoms with E-state index in [1.165, 1.54) is 0 Å². The van der Waals surface area contributed by atoms with Crippen LogP contribution in [0.25, 0.3) is 0 Å². The summed E-state index contributed by atoms with van der Waals surface area (Å²) < 4.78 is 9.29. The lowest BCUT2D eigenvalue weighted by Gasteiger charge is -2.36. The van der Waals surface area contributed by atoms with Crippen LogP contribution in [0.2, 0.25) is 0 Å². The molecule has 0 aromatic heterocycles. The number of ether oxygens (including phenoxy) is 2. The normalized spacial score (nSPS) is 40.2. The number of nitrogens with zero attached hydrogens (tertiary/aromatic N) is 1. The van der Waals surface area contributed by atoms with Crippen molar-refractivity contribution in [3.05, 3.63) is 10.1 Å². The van der Waals surface area contributed by atoms with Crippen molar-refractivity contribution < 1.29 is 14.4 Å². The molecule has 0 unspecified atom stereocenters. The van der Waals surface area contributed by atoms with Crippen molar-refractivity contribution in [2.24, 2.45) is 0 Å². The van der Waals surface area contributed by atoms with E-state index in [0.717, 1.165) is 0 Å². The lowest BCUT2D eigenvalue weighted by atomic mass is 10.2. The summed E-state index contributed by atoms with van der Waals surface area (Å²) in [4.78, 5) is 10.1. The minimum Gasteiger partial charge on any atom is -0.342 e. The van der Waals surface area contributed by atoms with Gasteiger partial charge in [0.05, 0.1) is 0 Å². The Hall–Kier alpha value is -0.200. The fourth-order valence-corrected chi connectivity index (χ4v) is 1.15. The molecule has 6 heteroatoms. The molecule has 76 valence electrons. The van der Waals surface area contributed by atoms with Crippen molar-refractivity contribution in [2.75, 3.05) is 13.2 Å². The second kappa shape index (κ2) is 3.51. The zero-order valence-corrected chi connectivity index (χ0v) is 9.17. The van der Waals surface area contributed by atoms with Gasteiger partial charge in [0.1, 0.15) is 13.2 Å². The van der Waals surface area contributed by atoms with Gasteiger partial charge in [0.25, 0.3) is 0 Å². The second-order valence-electron chi connectivity index (χ2n) is 3.24. The minimum absolute atomic E-state index is 0.0321. The summed E-state index contributed by atoms with van der Waals surface area (Å²) in [6, 6.07) is 0. The maximum absolute atomic E-state index is 10.6. The molecule has 13 heavy (non-hydrogen) atoms. The fourth-order valence-electron chi connectivity index (χ4n) is 0.919. The van der Waals surface area contributed by atoms with Gasteiger partial charge in [-0.3, -0.25) is 10.1 Å². The molecule has 5 nitrogen and oxygen atoms in total. The first kappa shape index (κ1) is 10.9. The first-order chi connectivity index (χ1) is 5.92. The molecule has 0 atom stereocenters. The van der Waals surface area contributed by atoms with E-state index >= 15 is 0 Å². The SMILES string of the molecule is CCC1(C)OCC(Br)([N+](=O)[O-])CO1. The van der Waals surface area contributed by atoms with Crippen molar-refractivity contribution in [1.82, 2.24) is 0 Å². The van der Waals surface area contributed by atoms with Gasteiger partial charge in [-0.2, -0.15) is 0 Å². The van der Waals surface area contributed by atoms with Crippen LogP contribution in [-0.4, -0.2) is 28.4 Å². The largest absolute Gasteiger partial charge is 0.342 e. The van der Waals surface area contributed by atoms with E-state index in [-0.39, 0.29) is 13.2 Å². The van der Waals surface area contributed by atoms with Crippen LogP contribution in [-0.2, 0) is 9.47 Å². The van der Waals surface area contributed by atoms with Gasteiger partial charge in [-0.25, -0.2) is 0 Å². The molecule has 0 radical (unpaired) electrons. The maximum atomic E-state index is 10.6. The van der Waals surface area contributed by atoms with Crippen LogP contribution < -0.4 is 0 Å². The Kier molecular flexibility index (Phi) is 2.94. The molecule has 0 spiro atoms. The topological polar surface area (TPSA) is 61.6 Å². The Bertz CT molecular complexity index is 213. The monoisotopic (exact) mass is 253 g/mol. The highest BCUT2D eigenvalue weighted by atomic mass is 79.9. The number of alkyl halides is 1. The Labute approximate surface area is 84.7 Å². The third kappa shape index (κ3) is 2.18. The zero-order chi connectivity index (χ0) is 10.1. The number of hydrogen-bond acceptors (Lipinski definition) is 4. The molecule has 0 saturated carbocycles. The van der Waals surface area contributed by atoms with Gasteiger partial charge in [0, 0.05) is 20.9 Å². The molecule has 1 fully saturated rings. The number of nitro groups is 1. The fraction of sp³-hybridized carbons (Fsp3) is 1.00. The van der Waals surface area contributed by atoms with Gasteiger partial charge in [-0.05, 0) is 13.3 Å². The molecule has 1 rings (SSSR count). The lowest BCUT2D eigenvalue weighted by Crippen LogP contribution is -2.52. The van der Waals surface area contributed by atoms with Crippen LogP contribution >= 0.6 is 15.9 Å². The van der Waals surface area contributed by atoms with Gasteiger partial charge in [-0.1, -0.05) is 6.92 Å². The predicted octanol–water partition coefficient (Wildman–Crippen LogP) is 1.53. The lowest BCUT2D eigenvalue weighted by molar-refractivity contribution is -0.561. The van der Waals surface area contributed by atoms with Gasteiger partial charge < -0.3 is 9.47 Å². The summed E-state index contributed by atoms with van der Waals surface area (Å²) in [5, 5.41) is 10.6. The van der Waals surface area contributed by atoms with E-state index in [2.05, 4.69) is 15.9 Å². The molecule has 1 aliphatic heterocycles. The summed E-state index contributed by atoms with van der Waals surface area (Å²) in [5.41, 5.74) is 0. The Morgan fingerprint density at radius 1 is 1.54 bits per heavy atom. The van der Waals surface area contributed by atoms with Crippen molar-refractivity contribution in [2.45, 2.75) is 30.5 Å². The highest BCUT2D eigenvalue weighted by Crippen LogP contribution is 2.31. The standard InChI is InChI=1S/C7H12BrNO4/c1-3-6(2)12-4-7(8,5-13-6)9(10)11/h3-5H2,1-2H3. The van der Waals surface area contributed by atoms with Crippen LogP contribution in [0.5, 0.6) is 0 Å². The summed E-state index contributed by atoms with van der Waals surface area (Å²) in [6.45, 7) is 3.75. The van der Waals surface area contributed by atoms with Gasteiger partial charge in [0.2, 0.25) is 0 Å². The predicted molar refractivity (Wildman–Crippen MR) is 49.3 cm³/mol. The van der Waals surface area contributed by atoms with Crippen molar-refractivity contribution in [3.63, 3.8) is 0 Å². The zero-order valence-electron chi connectivity index (χ0n) is 7.58. The van der Waals surface area contributed by atoms with Crippen molar-refractivity contribution in [3.8, 4) is 0 Å². The number of hydrogen-bond donors (Lipinski definition) is 0. The van der Waals surface area contributed by atoms with E-state index in [1.807, 2.05) is 6.92 Å². The van der Waals surface area contributed by atoms with Crippen LogP contribution in [0.4, 0.5) is 0 Å². The molecule has 0 aliphatic carbocycles. The van der Waals surface area contributed by atoms with Crippen molar-refractivity contribution >= 4 is 15.9 Å². The number of halogens is 1. The highest BCUT2D eigenvalue weighted by molar-refractivity contribution is 9.10. The van der Waals surface area contributed by atoms with Crippen LogP contribution in [0.3, 0.4) is 0 Å². The summed E-state index contributed by atoms with van der Waals surface area (Å²) in [6.07, 6.45) is 0.674. The minimum atomic E-state index is -1.28. The van der Waals surface area contributed by atoms with E-state index < -0.39 is 15.2 Å². The Morgan fingerprint density at radius 2 is 2.00 bits per heavy atom. The molecular formula is C7H12BrNO4. The average Bonchev–Trinajstić information content (AvgIpc) is 2.11. The van der Waals surface area contributed by atoms with Crippen LogP contribution in [0, 0.1) is 10.1 Å². The molecule has 1 saturated heterocycles. The number of rotatable bonds is 2. The molecule has 1 heterocycles. The van der Waals surface area contributed by atoms with Gasteiger partial charge >= 0.3 is 4.45 Å². The molecule has 0 aromatic rings. The van der Waals surface area contributed by atoms with Crippen molar-refractivity contribution in [1.29, 1.82) is 0 Å². The smallest absolute Gasteiger partial charge is 0.320 e. The van der Waals surface area contributed by atoms with E-state index in [0.29, 0.717) is 6.42 Å². The Morgan fingerprint density at radius 3 is 2.31 bits per heavy atom. The summed E-state index contributed by atoms with van der Waals surface area (Å²) in [5.74, 6) is -0.673. The third-order valence-corrected chi connectivity index (χ3v) is 2.91. The van der Waals surface area contributed by atoms with Crippen LogP contribution in [0.15, 0.2) is 0 Å². The first-order valence-corrected chi connectivity index (χ1v) is 4.82. The van der Waals surface area contributed by atoms with E-state index in [4.69, 9.17) is 9.47 Å². The molecule has 0 aromatic carbocycles. The molecular weight excluding hydrogens is 242 g/mol. The van der Waals surface area contributed by atoms with Gasteiger partial charge in [0.15, 0.2) is 5.79 Å². The van der Waals surface area contributed by atoms with Gasteiger partial charge in [-0.15, -0.1) is 0 Å². The molecule has 0 bridgehead atoms. The van der Waals surface area contributed by atoms with E-state index in [1.54, 1.807) is 6.92 Å². The van der Waals surface area contributed by atoms with E-state index in [9.17, 15) is 10.1 Å². The summed E-state index contributed by atoms with van der Waals surface area (Å²) in [7, 11) is 0. The van der Waals surface area contributed by atoms with Crippen LogP contribution in [0.1, 0.15) is 20.3 Å². The third-order valence-electron chi connectivity index (χ3n) is 2.17. The molecule has 1 aliphatic rings. The quantitative estimate of drug-likeness (QED) is 0.324. The second-order valence-corrected chi connectivity index (χ2v) is 4.72. The highest BCUT2D eigenvalue weighted by Gasteiger charge is 2.48. The summed E-state index contributed by atoms with van der Waals surface area (Å²) >= 11 is 2.99. The molecule has 0 N–H and O–H groups in total. The maximum Gasteiger partial charge on any atom is 0.320 e. The average molecular weight is 254 g/mol. The first-order valence-electron chi connectivity index (χ1n) is 4.03. The Balaban J connectivity index is 2.61. The molecule has 0 amide bonds.